The maximum absolute atomic E-state index is 11.8. The highest BCUT2D eigenvalue weighted by Gasteiger charge is 2.18. The zero-order valence-corrected chi connectivity index (χ0v) is 11.7. The molecule has 0 unspecified atom stereocenters. The second-order valence-electron chi connectivity index (χ2n) is 4.58. The van der Waals surface area contributed by atoms with Gasteiger partial charge < -0.3 is 15.2 Å². The van der Waals surface area contributed by atoms with E-state index in [1.807, 2.05) is 0 Å². The summed E-state index contributed by atoms with van der Waals surface area (Å²) >= 11 is 0. The second-order valence-corrected chi connectivity index (χ2v) is 4.58. The van der Waals surface area contributed by atoms with Crippen LogP contribution in [0, 0.1) is 10.1 Å². The summed E-state index contributed by atoms with van der Waals surface area (Å²) < 4.78 is 0. The first-order valence-electron chi connectivity index (χ1n) is 6.21. The molecule has 1 heterocycles. The van der Waals surface area contributed by atoms with Gasteiger partial charge >= 0.3 is 0 Å². The third-order valence-electron chi connectivity index (χ3n) is 2.85. The Morgan fingerprint density at radius 2 is 2.24 bits per heavy atom. The first-order chi connectivity index (χ1) is 9.99. The number of H-pyrrole nitrogens is 1. The lowest BCUT2D eigenvalue weighted by molar-refractivity contribution is -0.384. The highest BCUT2D eigenvalue weighted by Crippen LogP contribution is 2.26. The van der Waals surface area contributed by atoms with Crippen LogP contribution in [0.25, 0.3) is 0 Å². The van der Waals surface area contributed by atoms with E-state index in [1.54, 1.807) is 32.6 Å². The lowest BCUT2D eigenvalue weighted by Crippen LogP contribution is -2.21. The van der Waals surface area contributed by atoms with Crippen molar-refractivity contribution in [2.45, 2.75) is 6.54 Å². The van der Waals surface area contributed by atoms with Gasteiger partial charge in [-0.05, 0) is 12.1 Å². The Morgan fingerprint density at radius 1 is 1.48 bits per heavy atom. The van der Waals surface area contributed by atoms with E-state index in [0.717, 1.165) is 0 Å². The molecule has 0 atom stereocenters. The summed E-state index contributed by atoms with van der Waals surface area (Å²) in [6.45, 7) is 0.328. The lowest BCUT2D eigenvalue weighted by Gasteiger charge is -2.11. The predicted octanol–water partition coefficient (Wildman–Crippen LogP) is 1.63. The van der Waals surface area contributed by atoms with Gasteiger partial charge in [-0.25, -0.2) is 4.98 Å². The number of aromatic amines is 1. The van der Waals surface area contributed by atoms with Crippen LogP contribution < -0.4 is 5.32 Å². The molecule has 2 N–H and O–H groups in total. The molecule has 21 heavy (non-hydrogen) atoms. The minimum absolute atomic E-state index is 0.144. The maximum Gasteiger partial charge on any atom is 0.293 e. The monoisotopic (exact) mass is 289 g/mol. The molecular weight excluding hydrogens is 274 g/mol. The summed E-state index contributed by atoms with van der Waals surface area (Å²) in [7, 11) is 3.19. The van der Waals surface area contributed by atoms with E-state index in [1.165, 1.54) is 17.0 Å². The highest BCUT2D eigenvalue weighted by molar-refractivity contribution is 5.95. The summed E-state index contributed by atoms with van der Waals surface area (Å²) in [6, 6.07) is 4.35. The molecule has 0 aliphatic carbocycles. The number of nitro groups is 1. The fourth-order valence-corrected chi connectivity index (χ4v) is 1.80. The zero-order chi connectivity index (χ0) is 15.4. The van der Waals surface area contributed by atoms with Gasteiger partial charge in [-0.2, -0.15) is 0 Å². The van der Waals surface area contributed by atoms with Gasteiger partial charge in [0.15, 0.2) is 0 Å². The van der Waals surface area contributed by atoms with Crippen LogP contribution in [-0.2, 0) is 6.54 Å². The van der Waals surface area contributed by atoms with Crippen molar-refractivity contribution in [3.05, 3.63) is 52.1 Å². The Balaban J connectivity index is 2.25. The van der Waals surface area contributed by atoms with Crippen molar-refractivity contribution in [3.63, 3.8) is 0 Å². The van der Waals surface area contributed by atoms with Crippen molar-refractivity contribution < 1.29 is 9.72 Å². The third kappa shape index (κ3) is 3.35. The summed E-state index contributed by atoms with van der Waals surface area (Å²) in [5.74, 6) is 0.383. The van der Waals surface area contributed by atoms with Crippen LogP contribution in [0.5, 0.6) is 0 Å². The molecule has 0 saturated carbocycles. The van der Waals surface area contributed by atoms with Gasteiger partial charge in [0, 0.05) is 38.1 Å². The molecule has 110 valence electrons. The van der Waals surface area contributed by atoms with Crippen molar-refractivity contribution in [3.8, 4) is 0 Å². The number of benzene rings is 1. The fourth-order valence-electron chi connectivity index (χ4n) is 1.80. The van der Waals surface area contributed by atoms with E-state index in [-0.39, 0.29) is 17.2 Å². The Kier molecular flexibility index (Phi) is 4.17. The summed E-state index contributed by atoms with van der Waals surface area (Å²) in [6.07, 6.45) is 3.27. The highest BCUT2D eigenvalue weighted by atomic mass is 16.6. The van der Waals surface area contributed by atoms with Crippen molar-refractivity contribution >= 4 is 17.3 Å². The fraction of sp³-hybridized carbons (Fsp3) is 0.231. The van der Waals surface area contributed by atoms with Crippen LogP contribution in [0.4, 0.5) is 11.4 Å². The largest absolute Gasteiger partial charge is 0.372 e. The van der Waals surface area contributed by atoms with E-state index in [0.29, 0.717) is 18.1 Å². The number of imidazole rings is 1. The molecule has 0 saturated heterocycles. The van der Waals surface area contributed by atoms with Gasteiger partial charge in [0.1, 0.15) is 11.5 Å². The van der Waals surface area contributed by atoms with Gasteiger partial charge in [-0.15, -0.1) is 0 Å². The van der Waals surface area contributed by atoms with Crippen molar-refractivity contribution in [1.82, 2.24) is 14.9 Å². The van der Waals surface area contributed by atoms with Gasteiger partial charge in [0.05, 0.1) is 11.5 Å². The lowest BCUT2D eigenvalue weighted by atomic mass is 10.1. The number of nitrogens with zero attached hydrogens (tertiary/aromatic N) is 3. The van der Waals surface area contributed by atoms with Gasteiger partial charge in [-0.1, -0.05) is 0 Å². The Bertz CT molecular complexity index is 652. The number of anilines is 1. The third-order valence-corrected chi connectivity index (χ3v) is 2.85. The smallest absolute Gasteiger partial charge is 0.293 e. The van der Waals surface area contributed by atoms with E-state index >= 15 is 0 Å². The molecule has 2 rings (SSSR count). The second kappa shape index (κ2) is 6.04. The molecule has 0 fully saturated rings. The predicted molar refractivity (Wildman–Crippen MR) is 77.0 cm³/mol. The van der Waals surface area contributed by atoms with Crippen LogP contribution in [0.3, 0.4) is 0 Å². The van der Waals surface area contributed by atoms with E-state index in [9.17, 15) is 14.9 Å². The molecule has 0 bridgehead atoms. The summed E-state index contributed by atoms with van der Waals surface area (Å²) in [5.41, 5.74) is 0.469. The van der Waals surface area contributed by atoms with E-state index in [4.69, 9.17) is 0 Å². The molecule has 1 aromatic heterocycles. The molecule has 8 heteroatoms. The number of amides is 1. The molecule has 1 aromatic carbocycles. The molecule has 8 nitrogen and oxygen atoms in total. The van der Waals surface area contributed by atoms with Crippen LogP contribution in [0.15, 0.2) is 30.6 Å². The summed E-state index contributed by atoms with van der Waals surface area (Å²) in [5, 5.41) is 14.1. The number of nitrogens with one attached hydrogen (secondary N) is 2. The van der Waals surface area contributed by atoms with Crippen molar-refractivity contribution in [1.29, 1.82) is 0 Å². The average Bonchev–Trinajstić information content (AvgIpc) is 2.97. The number of carbonyl (C=O) groups excluding carboxylic acids is 1. The minimum Gasteiger partial charge on any atom is -0.372 e. The maximum atomic E-state index is 11.8. The normalized spacial score (nSPS) is 10.2. The molecule has 0 radical (unpaired) electrons. The van der Waals surface area contributed by atoms with Crippen LogP contribution in [-0.4, -0.2) is 39.8 Å². The SMILES string of the molecule is CN(C)C(=O)c1ccc(NCc2ncc[nH]2)c([N+](=O)[O-])c1. The molecule has 0 aliphatic heterocycles. The van der Waals surface area contributed by atoms with Crippen LogP contribution in [0.1, 0.15) is 16.2 Å². The van der Waals surface area contributed by atoms with Crippen molar-refractivity contribution in [2.24, 2.45) is 0 Å². The molecule has 0 aliphatic rings. The molecule has 1 amide bonds. The van der Waals surface area contributed by atoms with Gasteiger partial charge in [-0.3, -0.25) is 14.9 Å². The van der Waals surface area contributed by atoms with Gasteiger partial charge in [0.2, 0.25) is 0 Å². The number of aromatic nitrogens is 2. The number of hydrogen-bond donors (Lipinski definition) is 2. The zero-order valence-electron chi connectivity index (χ0n) is 11.7. The van der Waals surface area contributed by atoms with E-state index in [2.05, 4.69) is 15.3 Å². The first kappa shape index (κ1) is 14.5. The standard InChI is InChI=1S/C13H15N5O3/c1-17(2)13(19)9-3-4-10(11(7-9)18(20)21)16-8-12-14-5-6-15-12/h3-7,16H,8H2,1-2H3,(H,14,15). The van der Waals surface area contributed by atoms with E-state index < -0.39 is 4.92 Å². The first-order valence-corrected chi connectivity index (χ1v) is 6.21. The minimum atomic E-state index is -0.517. The van der Waals surface area contributed by atoms with Crippen LogP contribution in [0.2, 0.25) is 0 Å². The average molecular weight is 289 g/mol. The van der Waals surface area contributed by atoms with Crippen LogP contribution >= 0.6 is 0 Å². The molecule has 0 spiro atoms. The topological polar surface area (TPSA) is 104 Å². The Hall–Kier alpha value is -2.90. The van der Waals surface area contributed by atoms with Crippen molar-refractivity contribution in [2.75, 3.05) is 19.4 Å². The summed E-state index contributed by atoms with van der Waals surface area (Å²) in [4.78, 5) is 30.8. The number of rotatable bonds is 5. The molecular formula is C13H15N5O3. The Morgan fingerprint density at radius 3 is 2.81 bits per heavy atom. The number of carbonyl (C=O) groups is 1. The van der Waals surface area contributed by atoms with Gasteiger partial charge in [0.25, 0.3) is 11.6 Å². The number of nitro benzene ring substituents is 1. The molecule has 2 aromatic rings. The quantitative estimate of drug-likeness (QED) is 0.643. The Labute approximate surface area is 121 Å². The number of hydrogen-bond acceptors (Lipinski definition) is 5.